The Balaban J connectivity index is 0.000000130. The van der Waals surface area contributed by atoms with E-state index in [0.29, 0.717) is 117 Å². The van der Waals surface area contributed by atoms with Crippen molar-refractivity contribution in [3.05, 3.63) is 0 Å². The summed E-state index contributed by atoms with van der Waals surface area (Å²) in [5.74, 6) is -5.68. The van der Waals surface area contributed by atoms with Gasteiger partial charge in [0.25, 0.3) is 0 Å². The van der Waals surface area contributed by atoms with Gasteiger partial charge < -0.3 is 84.7 Å². The molecule has 18 aliphatic carbocycles. The molecule has 18 saturated carbocycles. The van der Waals surface area contributed by atoms with Gasteiger partial charge in [0.15, 0.2) is 48.7 Å². The van der Waals surface area contributed by atoms with E-state index in [1.165, 1.54) is 57.8 Å². The van der Waals surface area contributed by atoms with Crippen LogP contribution in [0.15, 0.2) is 0 Å². The molecular formula is C90H111F6O36S3-3. The van der Waals surface area contributed by atoms with Crippen molar-refractivity contribution in [1.82, 2.24) is 0 Å². The highest BCUT2D eigenvalue weighted by Crippen LogP contribution is 2.75. The first-order chi connectivity index (χ1) is 63.3. The molecule has 3 saturated heterocycles. The van der Waals surface area contributed by atoms with Crippen molar-refractivity contribution in [2.75, 3.05) is 39.6 Å². The van der Waals surface area contributed by atoms with Crippen molar-refractivity contribution in [2.45, 2.75) is 258 Å². The lowest BCUT2D eigenvalue weighted by molar-refractivity contribution is -0.192. The summed E-state index contributed by atoms with van der Waals surface area (Å²) in [7, 11) is -18.2. The Labute approximate surface area is 773 Å². The minimum Gasteiger partial charge on any atom is -0.743 e. The Hall–Kier alpha value is -7.17. The van der Waals surface area contributed by atoms with Crippen molar-refractivity contribution < 1.29 is 194 Å². The maximum atomic E-state index is 14.1. The van der Waals surface area contributed by atoms with Crippen LogP contribution < -0.4 is 0 Å². The molecule has 21 rings (SSSR count). The Morgan fingerprint density at radius 2 is 0.674 bits per heavy atom. The molecule has 0 N–H and O–H groups in total. The maximum absolute atomic E-state index is 14.1. The van der Waals surface area contributed by atoms with Gasteiger partial charge >= 0.3 is 87.4 Å². The van der Waals surface area contributed by atoms with Gasteiger partial charge in [-0.15, -0.1) is 0 Å². The van der Waals surface area contributed by atoms with E-state index in [1.807, 2.05) is 6.92 Å². The van der Waals surface area contributed by atoms with Crippen molar-refractivity contribution in [3.8, 4) is 0 Å². The molecular weight excluding hydrogens is 1870 g/mol. The molecule has 750 valence electrons. The van der Waals surface area contributed by atoms with Crippen LogP contribution in [0, 0.1) is 183 Å². The topological polar surface area (TPSA) is 515 Å². The predicted octanol–water partition coefficient (Wildman–Crippen LogP) is 6.41. The van der Waals surface area contributed by atoms with Crippen molar-refractivity contribution in [1.29, 1.82) is 0 Å². The van der Waals surface area contributed by atoms with Crippen LogP contribution in [0.5, 0.6) is 0 Å². The Kier molecular flexibility index (Phi) is 24.4. The molecule has 45 heteroatoms. The van der Waals surface area contributed by atoms with Gasteiger partial charge in [-0.05, 0) is 244 Å². The van der Waals surface area contributed by atoms with Crippen LogP contribution in [0.2, 0.25) is 0 Å². The van der Waals surface area contributed by atoms with E-state index in [-0.39, 0.29) is 23.7 Å². The van der Waals surface area contributed by atoms with Gasteiger partial charge in [-0.25, -0.2) is 54.0 Å². The molecule has 0 aromatic rings. The minimum atomic E-state index is -6.08. The van der Waals surface area contributed by atoms with Crippen LogP contribution in [0.3, 0.4) is 0 Å². The van der Waals surface area contributed by atoms with Gasteiger partial charge in [-0.2, -0.15) is 26.3 Å². The normalized spacial score (nSPS) is 44.2. The molecule has 3 aliphatic heterocycles. The second-order valence-corrected chi connectivity index (χ2v) is 47.7. The van der Waals surface area contributed by atoms with E-state index in [0.717, 1.165) is 74.0 Å². The number of rotatable bonds is 32. The molecule has 18 bridgehead atoms. The number of fused-ring (bicyclic) bond motifs is 30. The van der Waals surface area contributed by atoms with E-state index in [1.54, 1.807) is 0 Å². The zero-order valence-electron chi connectivity index (χ0n) is 75.0. The average molecular weight is 1980 g/mol. The summed E-state index contributed by atoms with van der Waals surface area (Å²) >= 11 is 0. The highest BCUT2D eigenvalue weighted by atomic mass is 32.2. The standard InChI is InChI=1S/C31H40F2O12S.C30H38F2O12S.C29H36F2O12S/c1-12(2)30(9-16-7-19(30)23-15-5-4-14(6-15)22(16)23)45-29(37)25-18-8-17-24(25)28(36)44-27(17)26(18)43-21(35)11-41-10-20(34)42-13(3)31(32,33)46(38,39)40;1-3-29(9-15-7-18(29)22-14-5-4-13(6-14)21(15)22)44-28(36)24-17-8-16-23(24)27(35)43-26(16)25(17)42-20(34)11-40-10-19(33)41-12(2)30(31,32)45(37,38)39;1-11(29(30,31)44(36,37)38)40-18(32)9-39-10-19(33)41-24-16-7-15-22(26(34)42-25(15)24)23(16)27(35)43-28(2)8-14-6-17(28)21-13-4-3-12(5-13)20(14)21/h12-19,22-27H,4-11H2,1-3H3,(H,38,39,40);12-18,21-26H,3-11H2,1-2H3,(H,37,38,39);11-17,20-25H,3-10H2,1-2H3,(H,36,37,38)/p-3. The molecule has 21 aliphatic rings. The van der Waals surface area contributed by atoms with E-state index >= 15 is 0 Å². The monoisotopic (exact) mass is 1980 g/mol. The van der Waals surface area contributed by atoms with Crippen molar-refractivity contribution in [2.24, 2.45) is 183 Å². The lowest BCUT2D eigenvalue weighted by atomic mass is 9.63. The number of carbonyl (C=O) groups is 12. The highest BCUT2D eigenvalue weighted by molar-refractivity contribution is 7.87. The quantitative estimate of drug-likeness (QED) is 0.0230. The molecule has 0 radical (unpaired) electrons. The highest BCUT2D eigenvalue weighted by Gasteiger charge is 2.78. The third-order valence-electron chi connectivity index (χ3n) is 37.2. The molecule has 36 nitrogen and oxygen atoms in total. The van der Waals surface area contributed by atoms with E-state index in [9.17, 15) is 123 Å². The molecule has 21 fully saturated rings. The third kappa shape index (κ3) is 15.6. The lowest BCUT2D eigenvalue weighted by Crippen LogP contribution is -2.53. The van der Waals surface area contributed by atoms with E-state index in [2.05, 4.69) is 35.0 Å². The Morgan fingerprint density at radius 1 is 0.378 bits per heavy atom. The lowest BCUT2D eigenvalue weighted by Gasteiger charge is -2.48. The average Bonchev–Trinajstić information content (AvgIpc) is 1.52. The van der Waals surface area contributed by atoms with Crippen LogP contribution in [-0.2, 0) is 159 Å². The number of hydrogen-bond acceptors (Lipinski definition) is 36. The minimum absolute atomic E-state index is 0.102. The molecule has 42 unspecified atom stereocenters. The molecule has 0 aromatic carbocycles. The van der Waals surface area contributed by atoms with Crippen LogP contribution in [0.25, 0.3) is 0 Å². The Morgan fingerprint density at radius 3 is 1.02 bits per heavy atom. The first-order valence-corrected chi connectivity index (χ1v) is 51.7. The fourth-order valence-corrected chi connectivity index (χ4v) is 34.1. The van der Waals surface area contributed by atoms with Gasteiger partial charge in [-0.3, -0.25) is 28.8 Å². The molecule has 0 aromatic heterocycles. The fraction of sp³-hybridized carbons (Fsp3) is 0.867. The van der Waals surface area contributed by atoms with Crippen molar-refractivity contribution >= 4 is 102 Å². The second kappa shape index (κ2) is 34.1. The summed E-state index contributed by atoms with van der Waals surface area (Å²) < 4.78 is 258. The molecule has 0 amide bonds. The number of alkyl halides is 6. The molecule has 135 heavy (non-hydrogen) atoms. The van der Waals surface area contributed by atoms with Gasteiger partial charge in [0, 0.05) is 53.3 Å². The second-order valence-electron chi connectivity index (χ2n) is 43.3. The van der Waals surface area contributed by atoms with Gasteiger partial charge in [0.05, 0.1) is 35.5 Å². The number of hydrogen-bond donors (Lipinski definition) is 0. The van der Waals surface area contributed by atoms with Gasteiger partial charge in [0.2, 0.25) is 0 Å². The maximum Gasteiger partial charge on any atom is 0.370 e. The largest absolute Gasteiger partial charge is 0.743 e. The van der Waals surface area contributed by atoms with Crippen LogP contribution in [-0.4, -0.2) is 238 Å². The fourth-order valence-electron chi connectivity index (χ4n) is 32.7. The Bertz CT molecular complexity index is 5210. The smallest absolute Gasteiger partial charge is 0.370 e. The summed E-state index contributed by atoms with van der Waals surface area (Å²) in [5, 5.41) is -14.6. The van der Waals surface area contributed by atoms with Crippen LogP contribution >= 0.6 is 0 Å². The number of esters is 12. The van der Waals surface area contributed by atoms with E-state index < -0.39 is 282 Å². The summed E-state index contributed by atoms with van der Waals surface area (Å²) in [6, 6.07) is 0. The zero-order chi connectivity index (χ0) is 96.8. The SMILES string of the molecule is CC(C)C1(OC(=O)C2C3CC4C(OC(=O)C42)C3OC(=O)COCC(=O)OC(C)C(F)(F)S(=O)(=O)[O-])CC2CC1C1C3CCC(C3)C21.CC(OC(=O)COCC(=O)OC1C2CC3C1OC(=O)C3C2C(=O)OC1(C)CC2CC1C1C3CCC(C3)C21)C(F)(F)S(=O)(=O)[O-].CCC1(OC(=O)C2C3CC4C(OC(=O)C42)C3OC(=O)COCC(=O)OC(C)C(F)(F)S(=O)(=O)[O-])CC2CC1C1C3CCC(C3)C21. The van der Waals surface area contributed by atoms with Crippen molar-refractivity contribution in [3.63, 3.8) is 0 Å². The summed E-state index contributed by atoms with van der Waals surface area (Å²) in [4.78, 5) is 154. The first kappa shape index (κ1) is 96.7. The zero-order valence-corrected chi connectivity index (χ0v) is 77.4. The number of ether oxygens (including phenoxy) is 15. The molecule has 0 spiro atoms. The van der Waals surface area contributed by atoms with Gasteiger partial charge in [0.1, 0.15) is 93.1 Å². The van der Waals surface area contributed by atoms with Crippen LogP contribution in [0.1, 0.15) is 170 Å². The molecule has 42 atom stereocenters. The summed E-state index contributed by atoms with van der Waals surface area (Å²) in [6.45, 7) is 4.45. The number of carbonyl (C=O) groups excluding carboxylic acids is 12. The first-order valence-electron chi connectivity index (χ1n) is 47.5. The van der Waals surface area contributed by atoms with Gasteiger partial charge in [-0.1, -0.05) is 20.8 Å². The van der Waals surface area contributed by atoms with E-state index in [4.69, 9.17) is 56.8 Å². The predicted molar refractivity (Wildman–Crippen MR) is 427 cm³/mol. The van der Waals surface area contributed by atoms with Crippen LogP contribution in [0.4, 0.5) is 26.3 Å². The summed E-state index contributed by atoms with van der Waals surface area (Å²) in [6.07, 6.45) is 6.62. The summed E-state index contributed by atoms with van der Waals surface area (Å²) in [5.41, 5.74) is -1.73. The third-order valence-corrected chi connectivity index (χ3v) is 40.2. The molecule has 3 heterocycles. The number of halogens is 6.